The van der Waals surface area contributed by atoms with Crippen LogP contribution < -0.4 is 5.32 Å². The quantitative estimate of drug-likeness (QED) is 0.706. The van der Waals surface area contributed by atoms with E-state index in [1.807, 2.05) is 12.1 Å². The maximum atomic E-state index is 6.01. The van der Waals surface area contributed by atoms with Gasteiger partial charge in [0.2, 0.25) is 5.95 Å². The molecule has 0 saturated carbocycles. The van der Waals surface area contributed by atoms with Crippen LogP contribution in [0.15, 0.2) is 30.6 Å². The smallest absolute Gasteiger partial charge is 0.230 e. The topological polar surface area (TPSA) is 66.5 Å². The number of nitrogens with one attached hydrogen (secondary N) is 2. The van der Waals surface area contributed by atoms with Crippen molar-refractivity contribution in [2.75, 3.05) is 5.32 Å². The first-order valence-electron chi connectivity index (χ1n) is 5.11. The van der Waals surface area contributed by atoms with Crippen molar-refractivity contribution in [1.29, 1.82) is 0 Å². The van der Waals surface area contributed by atoms with Crippen molar-refractivity contribution in [2.24, 2.45) is 0 Å². The first-order chi connectivity index (χ1) is 8.72. The van der Waals surface area contributed by atoms with E-state index in [2.05, 4.69) is 25.3 Å². The molecule has 0 radical (unpaired) electrons. The van der Waals surface area contributed by atoms with Crippen LogP contribution in [0.3, 0.4) is 0 Å². The zero-order chi connectivity index (χ0) is 12.5. The number of H-pyrrole nitrogens is 1. The lowest BCUT2D eigenvalue weighted by Crippen LogP contribution is -1.97. The Labute approximate surface area is 112 Å². The highest BCUT2D eigenvalue weighted by molar-refractivity contribution is 6.33. The number of imidazole rings is 1. The van der Waals surface area contributed by atoms with Gasteiger partial charge in [-0.25, -0.2) is 4.98 Å². The number of fused-ring (bicyclic) bond motifs is 1. The number of benzene rings is 1. The fourth-order valence-corrected chi connectivity index (χ4v) is 1.86. The van der Waals surface area contributed by atoms with Crippen LogP contribution in [-0.4, -0.2) is 19.9 Å². The molecule has 0 aliphatic rings. The van der Waals surface area contributed by atoms with Crippen LogP contribution in [0.1, 0.15) is 0 Å². The fraction of sp³-hybridized carbons (Fsp3) is 0. The lowest BCUT2D eigenvalue weighted by atomic mass is 10.3. The normalized spacial score (nSPS) is 10.8. The number of aromatic amines is 1. The molecular formula is C11H7Cl2N5. The number of rotatable bonds is 2. The third-order valence-corrected chi connectivity index (χ3v) is 2.87. The molecule has 0 spiro atoms. The summed E-state index contributed by atoms with van der Waals surface area (Å²) in [7, 11) is 0. The Hall–Kier alpha value is -1.85. The van der Waals surface area contributed by atoms with Crippen LogP contribution >= 0.6 is 23.2 Å². The second kappa shape index (κ2) is 4.44. The molecule has 5 nitrogen and oxygen atoms in total. The number of hydrogen-bond acceptors (Lipinski definition) is 4. The fourth-order valence-electron chi connectivity index (χ4n) is 1.52. The molecule has 0 saturated heterocycles. The Kier molecular flexibility index (Phi) is 2.77. The average Bonchev–Trinajstić information content (AvgIpc) is 2.81. The van der Waals surface area contributed by atoms with Gasteiger partial charge in [0.1, 0.15) is 5.52 Å². The van der Waals surface area contributed by atoms with Crippen LogP contribution in [0.25, 0.3) is 11.2 Å². The van der Waals surface area contributed by atoms with Gasteiger partial charge in [-0.05, 0) is 24.3 Å². The first-order valence-corrected chi connectivity index (χ1v) is 5.87. The molecule has 3 aromatic rings. The third-order valence-electron chi connectivity index (χ3n) is 2.34. The van der Waals surface area contributed by atoms with E-state index < -0.39 is 0 Å². The summed E-state index contributed by atoms with van der Waals surface area (Å²) in [6.45, 7) is 0. The van der Waals surface area contributed by atoms with E-state index >= 15 is 0 Å². The second-order valence-corrected chi connectivity index (χ2v) is 4.37. The molecule has 2 aromatic heterocycles. The van der Waals surface area contributed by atoms with E-state index in [9.17, 15) is 0 Å². The number of hydrogen-bond donors (Lipinski definition) is 2. The van der Waals surface area contributed by atoms with E-state index in [1.165, 1.54) is 6.33 Å². The minimum atomic E-state index is 0.328. The molecule has 0 bridgehead atoms. The van der Waals surface area contributed by atoms with Crippen molar-refractivity contribution >= 4 is 46.0 Å². The Bertz CT molecular complexity index is 692. The molecule has 0 fully saturated rings. The summed E-state index contributed by atoms with van der Waals surface area (Å²) in [5.74, 6) is 0.391. The van der Waals surface area contributed by atoms with Crippen LogP contribution in [0.4, 0.5) is 11.6 Å². The number of halogens is 2. The second-order valence-electron chi connectivity index (χ2n) is 3.57. The lowest BCUT2D eigenvalue weighted by Gasteiger charge is -2.04. The molecule has 0 atom stereocenters. The van der Waals surface area contributed by atoms with Gasteiger partial charge in [0.15, 0.2) is 10.8 Å². The first kappa shape index (κ1) is 11.3. The molecule has 18 heavy (non-hydrogen) atoms. The van der Waals surface area contributed by atoms with Gasteiger partial charge in [-0.2, -0.15) is 9.97 Å². The molecule has 0 unspecified atom stereocenters. The molecule has 2 heterocycles. The van der Waals surface area contributed by atoms with Gasteiger partial charge in [-0.15, -0.1) is 0 Å². The highest BCUT2D eigenvalue weighted by atomic mass is 35.5. The van der Waals surface area contributed by atoms with Crippen molar-refractivity contribution in [2.45, 2.75) is 0 Å². The predicted octanol–water partition coefficient (Wildman–Crippen LogP) is 3.40. The number of anilines is 2. The lowest BCUT2D eigenvalue weighted by molar-refractivity contribution is 1.19. The summed E-state index contributed by atoms with van der Waals surface area (Å²) in [4.78, 5) is 15.3. The van der Waals surface area contributed by atoms with Crippen LogP contribution in [0.2, 0.25) is 10.2 Å². The Morgan fingerprint density at radius 3 is 2.61 bits per heavy atom. The molecule has 7 heteroatoms. The minimum Gasteiger partial charge on any atom is -0.341 e. The van der Waals surface area contributed by atoms with Crippen molar-refractivity contribution < 1.29 is 0 Å². The standard InChI is InChI=1S/C11H7Cl2N5/c12-6-1-3-7(4-2-6)16-11-17-9(13)8-10(18-11)15-5-14-8/h1-5H,(H2,14,15,16,17,18). The molecule has 0 aliphatic heterocycles. The Morgan fingerprint density at radius 2 is 1.83 bits per heavy atom. The van der Waals surface area contributed by atoms with Gasteiger partial charge < -0.3 is 10.3 Å². The maximum absolute atomic E-state index is 6.01. The van der Waals surface area contributed by atoms with Gasteiger partial charge in [-0.1, -0.05) is 23.2 Å². The summed E-state index contributed by atoms with van der Waals surface area (Å²) in [6.07, 6.45) is 1.53. The van der Waals surface area contributed by atoms with Gasteiger partial charge in [0.25, 0.3) is 0 Å². The zero-order valence-electron chi connectivity index (χ0n) is 8.98. The molecule has 0 amide bonds. The average molecular weight is 280 g/mol. The van der Waals surface area contributed by atoms with Crippen molar-refractivity contribution in [3.63, 3.8) is 0 Å². The van der Waals surface area contributed by atoms with Crippen molar-refractivity contribution in [3.05, 3.63) is 40.8 Å². The van der Waals surface area contributed by atoms with E-state index in [4.69, 9.17) is 23.2 Å². The van der Waals surface area contributed by atoms with Crippen LogP contribution in [-0.2, 0) is 0 Å². The number of nitrogens with zero attached hydrogens (tertiary/aromatic N) is 3. The van der Waals surface area contributed by atoms with Gasteiger partial charge in [0, 0.05) is 10.7 Å². The largest absolute Gasteiger partial charge is 0.341 e. The summed E-state index contributed by atoms with van der Waals surface area (Å²) < 4.78 is 0. The Morgan fingerprint density at radius 1 is 1.06 bits per heavy atom. The monoisotopic (exact) mass is 279 g/mol. The third kappa shape index (κ3) is 2.10. The summed E-state index contributed by atoms with van der Waals surface area (Å²) in [5.41, 5.74) is 1.97. The molecule has 0 aliphatic carbocycles. The van der Waals surface area contributed by atoms with Crippen LogP contribution in [0, 0.1) is 0 Å². The zero-order valence-corrected chi connectivity index (χ0v) is 10.5. The van der Waals surface area contributed by atoms with Gasteiger partial charge in [-0.3, -0.25) is 0 Å². The Balaban J connectivity index is 1.97. The highest BCUT2D eigenvalue weighted by Gasteiger charge is 2.07. The van der Waals surface area contributed by atoms with E-state index in [0.717, 1.165) is 5.69 Å². The number of aromatic nitrogens is 4. The van der Waals surface area contributed by atoms with E-state index in [0.29, 0.717) is 27.3 Å². The minimum absolute atomic E-state index is 0.328. The summed E-state index contributed by atoms with van der Waals surface area (Å²) in [5, 5.41) is 4.03. The predicted molar refractivity (Wildman–Crippen MR) is 71.4 cm³/mol. The van der Waals surface area contributed by atoms with Crippen LogP contribution in [0.5, 0.6) is 0 Å². The van der Waals surface area contributed by atoms with E-state index in [1.54, 1.807) is 12.1 Å². The van der Waals surface area contributed by atoms with Gasteiger partial charge >= 0.3 is 0 Å². The van der Waals surface area contributed by atoms with Crippen molar-refractivity contribution in [1.82, 2.24) is 19.9 Å². The highest BCUT2D eigenvalue weighted by Crippen LogP contribution is 2.21. The molecular weight excluding hydrogens is 273 g/mol. The molecule has 2 N–H and O–H groups in total. The van der Waals surface area contributed by atoms with Gasteiger partial charge in [0.05, 0.1) is 6.33 Å². The van der Waals surface area contributed by atoms with Crippen molar-refractivity contribution in [3.8, 4) is 0 Å². The van der Waals surface area contributed by atoms with E-state index in [-0.39, 0.29) is 0 Å². The maximum Gasteiger partial charge on any atom is 0.230 e. The summed E-state index contributed by atoms with van der Waals surface area (Å²) >= 11 is 11.8. The molecule has 3 rings (SSSR count). The molecule has 90 valence electrons. The molecule has 1 aromatic carbocycles. The SMILES string of the molecule is Clc1ccc(Nc2nc(Cl)c3[nH]cnc3n2)cc1. The summed E-state index contributed by atoms with van der Waals surface area (Å²) in [6, 6.07) is 7.21.